The van der Waals surface area contributed by atoms with Crippen molar-refractivity contribution in [2.75, 3.05) is 6.61 Å². The summed E-state index contributed by atoms with van der Waals surface area (Å²) in [5.74, 6) is 0.170. The molecule has 0 spiro atoms. The van der Waals surface area contributed by atoms with Gasteiger partial charge >= 0.3 is 6.09 Å². The number of rotatable bonds is 16. The average molecular weight is 394 g/mol. The number of carbonyl (C=O) groups excluding carboxylic acids is 2. The van der Waals surface area contributed by atoms with Gasteiger partial charge < -0.3 is 4.74 Å². The number of imide groups is 1. The van der Waals surface area contributed by atoms with E-state index in [1.54, 1.807) is 0 Å². The minimum absolute atomic E-state index is 0.0705. The molecule has 162 valence electrons. The van der Waals surface area contributed by atoms with Crippen molar-refractivity contribution in [2.24, 2.45) is 5.92 Å². The van der Waals surface area contributed by atoms with Crippen LogP contribution >= 0.6 is 0 Å². The summed E-state index contributed by atoms with van der Waals surface area (Å²) in [5, 5.41) is 0. The monoisotopic (exact) mass is 393 g/mol. The molecule has 28 heavy (non-hydrogen) atoms. The molecule has 2 amide bonds. The highest BCUT2D eigenvalue weighted by Crippen LogP contribution is 2.21. The van der Waals surface area contributed by atoms with Crippen molar-refractivity contribution in [3.05, 3.63) is 12.2 Å². The van der Waals surface area contributed by atoms with Crippen molar-refractivity contribution in [1.29, 1.82) is 0 Å². The molecular formula is C24H43NO3. The molecule has 0 aliphatic carbocycles. The van der Waals surface area contributed by atoms with Crippen molar-refractivity contribution in [2.45, 2.75) is 117 Å². The fraction of sp³-hybridized carbons (Fsp3) is 0.833. The van der Waals surface area contributed by atoms with Crippen molar-refractivity contribution >= 4 is 12.0 Å². The minimum atomic E-state index is -0.462. The van der Waals surface area contributed by atoms with Gasteiger partial charge in [0.25, 0.3) is 0 Å². The zero-order valence-electron chi connectivity index (χ0n) is 18.6. The maximum atomic E-state index is 12.3. The van der Waals surface area contributed by atoms with Crippen molar-refractivity contribution in [3.8, 4) is 0 Å². The van der Waals surface area contributed by atoms with E-state index in [4.69, 9.17) is 4.74 Å². The number of cyclic esters (lactones) is 1. The molecule has 0 aromatic rings. The molecule has 1 aliphatic heterocycles. The molecule has 1 aliphatic rings. The summed E-state index contributed by atoms with van der Waals surface area (Å²) in [6, 6.07) is -0.0943. The molecule has 0 N–H and O–H groups in total. The van der Waals surface area contributed by atoms with Crippen LogP contribution in [-0.2, 0) is 9.53 Å². The van der Waals surface area contributed by atoms with Gasteiger partial charge in [0, 0.05) is 6.42 Å². The number of ether oxygens (including phenoxy) is 1. The third-order valence-corrected chi connectivity index (χ3v) is 5.60. The van der Waals surface area contributed by atoms with Gasteiger partial charge in [-0.05, 0) is 38.0 Å². The van der Waals surface area contributed by atoms with E-state index in [9.17, 15) is 9.59 Å². The van der Waals surface area contributed by atoms with Gasteiger partial charge in [0.15, 0.2) is 0 Å². The third kappa shape index (κ3) is 10.3. The first kappa shape index (κ1) is 24.7. The number of unbranched alkanes of at least 4 members (excludes halogenated alkanes) is 11. The van der Waals surface area contributed by atoms with Crippen LogP contribution in [0.3, 0.4) is 0 Å². The lowest BCUT2D eigenvalue weighted by Crippen LogP contribution is -2.41. The molecule has 0 aromatic heterocycles. The molecule has 1 saturated heterocycles. The molecule has 1 rings (SSSR count). The Hall–Kier alpha value is -1.32. The maximum absolute atomic E-state index is 12.3. The second-order valence-corrected chi connectivity index (χ2v) is 8.49. The quantitative estimate of drug-likeness (QED) is 0.209. The van der Waals surface area contributed by atoms with Crippen LogP contribution in [-0.4, -0.2) is 29.5 Å². The van der Waals surface area contributed by atoms with Crippen molar-refractivity contribution < 1.29 is 14.3 Å². The fourth-order valence-corrected chi connectivity index (χ4v) is 3.68. The number of hydrogen-bond donors (Lipinski definition) is 0. The standard InChI is InChI=1S/C24H43NO3/c1-4-5-6-7-8-9-10-11-12-13-14-15-16-17-18-19-23(26)25-22(21(2)3)20-28-24(25)27/h11-12,21-22H,4-10,13-20H2,1-3H3/b12-11-. The molecule has 1 fully saturated rings. The van der Waals surface area contributed by atoms with E-state index in [1.165, 1.54) is 69.1 Å². The molecule has 0 aromatic carbocycles. The van der Waals surface area contributed by atoms with Gasteiger partial charge in [-0.2, -0.15) is 0 Å². The van der Waals surface area contributed by atoms with Crippen molar-refractivity contribution in [1.82, 2.24) is 4.90 Å². The van der Waals surface area contributed by atoms with E-state index >= 15 is 0 Å². The first-order valence-corrected chi connectivity index (χ1v) is 11.7. The van der Waals surface area contributed by atoms with Crippen molar-refractivity contribution in [3.63, 3.8) is 0 Å². The summed E-state index contributed by atoms with van der Waals surface area (Å²) in [6.07, 6.45) is 20.8. The summed E-state index contributed by atoms with van der Waals surface area (Å²) in [7, 11) is 0. The first-order chi connectivity index (χ1) is 13.6. The maximum Gasteiger partial charge on any atom is 0.416 e. The predicted octanol–water partition coefficient (Wildman–Crippen LogP) is 7.03. The lowest BCUT2D eigenvalue weighted by molar-refractivity contribution is -0.129. The zero-order valence-corrected chi connectivity index (χ0v) is 18.6. The molecule has 1 heterocycles. The Morgan fingerprint density at radius 3 is 2.07 bits per heavy atom. The SMILES string of the molecule is CCCCCCCC/C=C\CCCCCCCC(=O)N1C(=O)OCC1C(C)C. The van der Waals surface area contributed by atoms with Gasteiger partial charge in [0.05, 0.1) is 6.04 Å². The van der Waals surface area contributed by atoms with Crippen LogP contribution in [0.2, 0.25) is 0 Å². The smallest absolute Gasteiger partial charge is 0.416 e. The summed E-state index contributed by atoms with van der Waals surface area (Å²) in [4.78, 5) is 25.4. The lowest BCUT2D eigenvalue weighted by atomic mass is 10.0. The number of hydrogen-bond acceptors (Lipinski definition) is 3. The van der Waals surface area contributed by atoms with Gasteiger partial charge in [0.1, 0.15) is 6.61 Å². The number of amides is 2. The number of nitrogens with zero attached hydrogens (tertiary/aromatic N) is 1. The Morgan fingerprint density at radius 2 is 1.50 bits per heavy atom. The van der Waals surface area contributed by atoms with E-state index in [1.807, 2.05) is 13.8 Å². The Labute approximate surface area is 173 Å². The van der Waals surface area contributed by atoms with Crippen LogP contribution in [0, 0.1) is 5.92 Å². The van der Waals surface area contributed by atoms with Crippen LogP contribution in [0.25, 0.3) is 0 Å². The molecule has 0 bridgehead atoms. The summed E-state index contributed by atoms with van der Waals surface area (Å²) < 4.78 is 5.05. The number of allylic oxidation sites excluding steroid dienone is 2. The molecule has 1 unspecified atom stereocenters. The van der Waals surface area contributed by atoms with Crippen LogP contribution in [0.1, 0.15) is 111 Å². The molecule has 0 radical (unpaired) electrons. The highest BCUT2D eigenvalue weighted by Gasteiger charge is 2.38. The van der Waals surface area contributed by atoms with E-state index in [0.717, 1.165) is 19.3 Å². The molecule has 4 heteroatoms. The van der Waals surface area contributed by atoms with Gasteiger partial charge in [0.2, 0.25) is 5.91 Å². The average Bonchev–Trinajstić information content (AvgIpc) is 3.06. The van der Waals surface area contributed by atoms with Crippen LogP contribution < -0.4 is 0 Å². The molecule has 1 atom stereocenters. The zero-order chi connectivity index (χ0) is 20.6. The Bertz CT molecular complexity index is 459. The van der Waals surface area contributed by atoms with Crippen LogP contribution in [0.5, 0.6) is 0 Å². The van der Waals surface area contributed by atoms with Crippen LogP contribution in [0.4, 0.5) is 4.79 Å². The second-order valence-electron chi connectivity index (χ2n) is 8.49. The minimum Gasteiger partial charge on any atom is -0.447 e. The summed E-state index contributed by atoms with van der Waals surface area (Å²) in [5.41, 5.74) is 0. The lowest BCUT2D eigenvalue weighted by Gasteiger charge is -2.22. The Balaban J connectivity index is 1.95. The van der Waals surface area contributed by atoms with Gasteiger partial charge in [-0.15, -0.1) is 0 Å². The predicted molar refractivity (Wildman–Crippen MR) is 116 cm³/mol. The topological polar surface area (TPSA) is 46.6 Å². The normalized spacial score (nSPS) is 17.1. The van der Waals surface area contributed by atoms with E-state index < -0.39 is 6.09 Å². The number of carbonyl (C=O) groups is 2. The van der Waals surface area contributed by atoms with Gasteiger partial charge in [-0.3, -0.25) is 4.79 Å². The van der Waals surface area contributed by atoms with Gasteiger partial charge in [-0.25, -0.2) is 9.69 Å². The summed E-state index contributed by atoms with van der Waals surface area (Å²) >= 11 is 0. The van der Waals surface area contributed by atoms with E-state index in [0.29, 0.717) is 13.0 Å². The Kier molecular flexibility index (Phi) is 13.8. The largest absolute Gasteiger partial charge is 0.447 e. The molecule has 4 nitrogen and oxygen atoms in total. The highest BCUT2D eigenvalue weighted by atomic mass is 16.6. The first-order valence-electron chi connectivity index (χ1n) is 11.7. The Morgan fingerprint density at radius 1 is 0.964 bits per heavy atom. The summed E-state index contributed by atoms with van der Waals surface area (Å²) in [6.45, 7) is 6.65. The van der Waals surface area contributed by atoms with Gasteiger partial charge in [-0.1, -0.05) is 84.3 Å². The molecular weight excluding hydrogens is 350 g/mol. The molecule has 0 saturated carbocycles. The fourth-order valence-electron chi connectivity index (χ4n) is 3.68. The highest BCUT2D eigenvalue weighted by molar-refractivity contribution is 5.93. The third-order valence-electron chi connectivity index (χ3n) is 5.60. The van der Waals surface area contributed by atoms with E-state index in [-0.39, 0.29) is 17.9 Å². The second kappa shape index (κ2) is 15.6. The van der Waals surface area contributed by atoms with E-state index in [2.05, 4.69) is 19.1 Å². The van der Waals surface area contributed by atoms with Crippen LogP contribution in [0.15, 0.2) is 12.2 Å².